The quantitative estimate of drug-likeness (QED) is 0.303. The van der Waals surface area contributed by atoms with Gasteiger partial charge in [-0.15, -0.1) is 0 Å². The molecule has 9 heteroatoms. The van der Waals surface area contributed by atoms with Crippen LogP contribution in [0.3, 0.4) is 0 Å². The molecular weight excluding hydrogens is 541 g/mol. The number of nitrogens with zero attached hydrogens (tertiary/aromatic N) is 3. The highest BCUT2D eigenvalue weighted by molar-refractivity contribution is 9.10. The van der Waals surface area contributed by atoms with Gasteiger partial charge in [0.05, 0.1) is 5.69 Å². The van der Waals surface area contributed by atoms with Crippen molar-refractivity contribution in [2.75, 3.05) is 13.3 Å². The third-order valence-electron chi connectivity index (χ3n) is 6.54. The summed E-state index contributed by atoms with van der Waals surface area (Å²) in [5.41, 5.74) is 3.97. The molecule has 2 atom stereocenters. The molecule has 0 spiro atoms. The van der Waals surface area contributed by atoms with E-state index in [0.29, 0.717) is 24.4 Å². The molecule has 1 amide bonds. The van der Waals surface area contributed by atoms with Gasteiger partial charge in [-0.3, -0.25) is 4.79 Å². The largest absolute Gasteiger partial charge is 0.454 e. The molecule has 37 heavy (non-hydrogen) atoms. The highest BCUT2D eigenvalue weighted by Crippen LogP contribution is 2.38. The topological polar surface area (TPSA) is 65.8 Å². The van der Waals surface area contributed by atoms with Crippen molar-refractivity contribution in [3.05, 3.63) is 94.3 Å². The Kier molecular flexibility index (Phi) is 6.18. The van der Waals surface area contributed by atoms with Gasteiger partial charge in [0, 0.05) is 28.3 Å². The van der Waals surface area contributed by atoms with E-state index in [1.54, 1.807) is 28.6 Å². The number of hydrogen-bond donors (Lipinski definition) is 0. The van der Waals surface area contributed by atoms with Gasteiger partial charge < -0.3 is 19.1 Å². The summed E-state index contributed by atoms with van der Waals surface area (Å²) < 4.78 is 33.5. The lowest BCUT2D eigenvalue weighted by atomic mass is 10.1. The molecule has 4 aromatic rings. The predicted octanol–water partition coefficient (Wildman–Crippen LogP) is 5.66. The fourth-order valence-corrected chi connectivity index (χ4v) is 4.88. The van der Waals surface area contributed by atoms with E-state index in [-0.39, 0.29) is 18.5 Å². The van der Waals surface area contributed by atoms with Crippen LogP contribution in [-0.4, -0.2) is 40.0 Å². The lowest BCUT2D eigenvalue weighted by Gasteiger charge is -2.23. The molecule has 2 aliphatic heterocycles. The first-order valence-corrected chi connectivity index (χ1v) is 12.7. The van der Waals surface area contributed by atoms with E-state index in [1.807, 2.05) is 48.7 Å². The fourth-order valence-electron chi connectivity index (χ4n) is 4.61. The van der Waals surface area contributed by atoms with Crippen molar-refractivity contribution >= 4 is 21.8 Å². The lowest BCUT2D eigenvalue weighted by molar-refractivity contribution is -0.130. The van der Waals surface area contributed by atoms with Crippen molar-refractivity contribution in [3.63, 3.8) is 0 Å². The summed E-state index contributed by atoms with van der Waals surface area (Å²) >= 11 is 3.46. The Morgan fingerprint density at radius 2 is 1.78 bits per heavy atom. The van der Waals surface area contributed by atoms with Crippen molar-refractivity contribution in [1.29, 1.82) is 0 Å². The van der Waals surface area contributed by atoms with E-state index < -0.39 is 12.3 Å². The maximum Gasteiger partial charge on any atom is 0.253 e. The summed E-state index contributed by atoms with van der Waals surface area (Å²) in [6.45, 7) is 2.41. The Labute approximate surface area is 221 Å². The number of carbonyl (C=O) groups is 1. The van der Waals surface area contributed by atoms with E-state index in [4.69, 9.17) is 19.3 Å². The first kappa shape index (κ1) is 23.7. The number of amides is 1. The van der Waals surface area contributed by atoms with Gasteiger partial charge in [-0.1, -0.05) is 22.0 Å². The van der Waals surface area contributed by atoms with Crippen molar-refractivity contribution < 1.29 is 23.4 Å². The Bertz CT molecular complexity index is 1460. The second kappa shape index (κ2) is 9.64. The molecule has 3 heterocycles. The summed E-state index contributed by atoms with van der Waals surface area (Å²) in [5.74, 6) is 1.01. The second-order valence-electron chi connectivity index (χ2n) is 8.96. The van der Waals surface area contributed by atoms with Crippen LogP contribution in [0.1, 0.15) is 24.3 Å². The number of hydrogen-bond acceptors (Lipinski definition) is 5. The number of rotatable bonds is 6. The minimum absolute atomic E-state index is 0.0906. The number of benzene rings is 3. The van der Waals surface area contributed by atoms with Gasteiger partial charge in [0.1, 0.15) is 17.6 Å². The van der Waals surface area contributed by atoms with Gasteiger partial charge >= 0.3 is 0 Å². The molecular formula is C28H23BrFN3O4. The second-order valence-corrected chi connectivity index (χ2v) is 9.88. The van der Waals surface area contributed by atoms with Gasteiger partial charge in [0.2, 0.25) is 6.79 Å². The van der Waals surface area contributed by atoms with E-state index in [2.05, 4.69) is 15.9 Å². The molecule has 1 saturated heterocycles. The van der Waals surface area contributed by atoms with E-state index in [0.717, 1.165) is 32.6 Å². The standard InChI is InChI=1S/C28H23BrFN3O4/c1-17-27(34)32(13-12-18-2-11-24-25(14-18)36-16-35-24)28(37-17)23-15-33(22-9-5-20(29)6-10-22)31-26(23)19-3-7-21(30)8-4-19/h2-11,14-15,17,28H,12-13,16H2,1H3/t17-,28+/m0/s1. The fraction of sp³-hybridized carbons (Fsp3) is 0.214. The van der Waals surface area contributed by atoms with Crippen molar-refractivity contribution in [2.45, 2.75) is 25.7 Å². The maximum atomic E-state index is 13.7. The van der Waals surface area contributed by atoms with Crippen LogP contribution in [0.4, 0.5) is 4.39 Å². The lowest BCUT2D eigenvalue weighted by Crippen LogP contribution is -2.32. The first-order chi connectivity index (χ1) is 18.0. The van der Waals surface area contributed by atoms with Crippen LogP contribution >= 0.6 is 15.9 Å². The summed E-state index contributed by atoms with van der Waals surface area (Å²) in [4.78, 5) is 14.9. The number of fused-ring (bicyclic) bond motifs is 1. The first-order valence-electron chi connectivity index (χ1n) is 11.9. The highest BCUT2D eigenvalue weighted by Gasteiger charge is 2.40. The smallest absolute Gasteiger partial charge is 0.253 e. The Morgan fingerprint density at radius 3 is 2.57 bits per heavy atom. The van der Waals surface area contributed by atoms with Crippen LogP contribution in [0.25, 0.3) is 16.9 Å². The molecule has 0 aliphatic carbocycles. The molecule has 188 valence electrons. The van der Waals surface area contributed by atoms with Crippen LogP contribution in [0, 0.1) is 5.82 Å². The number of carbonyl (C=O) groups excluding carboxylic acids is 1. The summed E-state index contributed by atoms with van der Waals surface area (Å²) in [6, 6.07) is 19.7. The molecule has 0 N–H and O–H groups in total. The van der Waals surface area contributed by atoms with E-state index in [1.165, 1.54) is 12.1 Å². The van der Waals surface area contributed by atoms with Gasteiger partial charge in [-0.05, 0) is 79.6 Å². The normalized spacial score (nSPS) is 18.6. The van der Waals surface area contributed by atoms with Crippen molar-refractivity contribution in [1.82, 2.24) is 14.7 Å². The summed E-state index contributed by atoms with van der Waals surface area (Å²) in [6.07, 6.45) is 1.26. The van der Waals surface area contributed by atoms with Crippen LogP contribution < -0.4 is 9.47 Å². The van der Waals surface area contributed by atoms with Crippen LogP contribution in [-0.2, 0) is 16.0 Å². The zero-order chi connectivity index (χ0) is 25.5. The Hall–Kier alpha value is -3.69. The number of ether oxygens (including phenoxy) is 3. The molecule has 1 fully saturated rings. The molecule has 2 aliphatic rings. The van der Waals surface area contributed by atoms with Gasteiger partial charge in [-0.2, -0.15) is 5.10 Å². The molecule has 3 aromatic carbocycles. The predicted molar refractivity (Wildman–Crippen MR) is 138 cm³/mol. The highest BCUT2D eigenvalue weighted by atomic mass is 79.9. The van der Waals surface area contributed by atoms with Crippen molar-refractivity contribution in [3.8, 4) is 28.4 Å². The third-order valence-corrected chi connectivity index (χ3v) is 7.07. The Morgan fingerprint density at radius 1 is 1.03 bits per heavy atom. The van der Waals surface area contributed by atoms with Crippen molar-refractivity contribution in [2.24, 2.45) is 0 Å². The number of halogens is 2. The van der Waals surface area contributed by atoms with E-state index in [9.17, 15) is 9.18 Å². The van der Waals surface area contributed by atoms with Crippen LogP contribution in [0.5, 0.6) is 11.5 Å². The molecule has 0 bridgehead atoms. The van der Waals surface area contributed by atoms with Gasteiger partial charge in [-0.25, -0.2) is 9.07 Å². The molecule has 1 aromatic heterocycles. The summed E-state index contributed by atoms with van der Waals surface area (Å²) in [5, 5.41) is 4.83. The zero-order valence-electron chi connectivity index (χ0n) is 19.9. The SMILES string of the molecule is C[C@@H]1O[C@H](c2cn(-c3ccc(Br)cc3)nc2-c2ccc(F)cc2)N(CCc2ccc3c(c2)OCO3)C1=O. The van der Waals surface area contributed by atoms with Crippen LogP contribution in [0.2, 0.25) is 0 Å². The maximum absolute atomic E-state index is 13.7. The van der Waals surface area contributed by atoms with Crippen LogP contribution in [0.15, 0.2) is 77.4 Å². The Balaban J connectivity index is 1.35. The monoisotopic (exact) mass is 563 g/mol. The summed E-state index contributed by atoms with van der Waals surface area (Å²) in [7, 11) is 0. The van der Waals surface area contributed by atoms with Gasteiger partial charge in [0.25, 0.3) is 5.91 Å². The van der Waals surface area contributed by atoms with Gasteiger partial charge in [0.15, 0.2) is 17.7 Å². The molecule has 0 unspecified atom stereocenters. The number of aromatic nitrogens is 2. The average Bonchev–Trinajstić information content (AvgIpc) is 3.62. The minimum Gasteiger partial charge on any atom is -0.454 e. The zero-order valence-corrected chi connectivity index (χ0v) is 21.5. The average molecular weight is 564 g/mol. The minimum atomic E-state index is -0.638. The van der Waals surface area contributed by atoms with E-state index >= 15 is 0 Å². The molecule has 0 radical (unpaired) electrons. The molecule has 0 saturated carbocycles. The molecule has 7 nitrogen and oxygen atoms in total. The third kappa shape index (κ3) is 4.60. The molecule has 6 rings (SSSR count).